The fourth-order valence-electron chi connectivity index (χ4n) is 2.23. The van der Waals surface area contributed by atoms with Crippen LogP contribution in [0.3, 0.4) is 0 Å². The molecule has 3 rings (SSSR count). The Hall–Kier alpha value is -3.35. The zero-order chi connectivity index (χ0) is 17.8. The van der Waals surface area contributed by atoms with Gasteiger partial charge in [0, 0.05) is 18.8 Å². The van der Waals surface area contributed by atoms with Crippen molar-refractivity contribution >= 4 is 23.1 Å². The number of amides is 1. The number of halogens is 2. The van der Waals surface area contributed by atoms with Crippen molar-refractivity contribution in [3.8, 4) is 0 Å². The maximum absolute atomic E-state index is 13.7. The predicted molar refractivity (Wildman–Crippen MR) is 90.8 cm³/mol. The third-order valence-corrected chi connectivity index (χ3v) is 3.55. The summed E-state index contributed by atoms with van der Waals surface area (Å²) in [4.78, 5) is 21.8. The molecular weight excluding hydrogens is 326 g/mol. The molecule has 0 aliphatic rings. The van der Waals surface area contributed by atoms with E-state index in [2.05, 4.69) is 15.3 Å². The number of carbonyl (C=O) groups is 1. The number of rotatable bonds is 4. The Balaban J connectivity index is 1.85. The highest BCUT2D eigenvalue weighted by atomic mass is 19.1. The second-order valence-corrected chi connectivity index (χ2v) is 5.21. The summed E-state index contributed by atoms with van der Waals surface area (Å²) in [6, 6.07) is 13.9. The molecule has 0 radical (unpaired) electrons. The fourth-order valence-corrected chi connectivity index (χ4v) is 2.23. The number of hydrogen-bond acceptors (Lipinski definition) is 4. The number of hydrogen-bond donors (Lipinski definition) is 1. The smallest absolute Gasteiger partial charge is 0.276 e. The molecule has 25 heavy (non-hydrogen) atoms. The second kappa shape index (κ2) is 7.04. The van der Waals surface area contributed by atoms with Crippen LogP contribution in [0.1, 0.15) is 10.5 Å². The highest BCUT2D eigenvalue weighted by Crippen LogP contribution is 2.22. The highest BCUT2D eigenvalue weighted by molar-refractivity contribution is 6.04. The van der Waals surface area contributed by atoms with Crippen molar-refractivity contribution in [2.75, 3.05) is 17.3 Å². The SMILES string of the molecule is CN(C(=O)c1cc(Nc2c(F)cccc2F)ncn1)c1ccccc1. The first kappa shape index (κ1) is 16.5. The Labute approximate surface area is 143 Å². The first-order valence-electron chi connectivity index (χ1n) is 7.42. The zero-order valence-electron chi connectivity index (χ0n) is 13.3. The Morgan fingerprint density at radius 1 is 1.00 bits per heavy atom. The zero-order valence-corrected chi connectivity index (χ0v) is 13.3. The first-order valence-corrected chi connectivity index (χ1v) is 7.42. The maximum atomic E-state index is 13.7. The average molecular weight is 340 g/mol. The third-order valence-electron chi connectivity index (χ3n) is 3.55. The molecule has 1 aromatic heterocycles. The molecule has 0 atom stereocenters. The maximum Gasteiger partial charge on any atom is 0.276 e. The topological polar surface area (TPSA) is 58.1 Å². The van der Waals surface area contributed by atoms with Gasteiger partial charge in [0.15, 0.2) is 0 Å². The number of aromatic nitrogens is 2. The number of nitrogens with one attached hydrogen (secondary N) is 1. The first-order chi connectivity index (χ1) is 12.1. The Morgan fingerprint density at radius 2 is 1.68 bits per heavy atom. The Kier molecular flexibility index (Phi) is 4.65. The van der Waals surface area contributed by atoms with Gasteiger partial charge in [-0.05, 0) is 24.3 Å². The molecule has 0 bridgehead atoms. The molecule has 0 aliphatic heterocycles. The number of para-hydroxylation sites is 2. The predicted octanol–water partition coefficient (Wildman–Crippen LogP) is 3.78. The van der Waals surface area contributed by atoms with Crippen LogP contribution in [0.5, 0.6) is 0 Å². The summed E-state index contributed by atoms with van der Waals surface area (Å²) in [6.07, 6.45) is 1.16. The second-order valence-electron chi connectivity index (χ2n) is 5.21. The summed E-state index contributed by atoms with van der Waals surface area (Å²) in [5, 5.41) is 2.54. The molecular formula is C18H14F2N4O. The van der Waals surface area contributed by atoms with Crippen LogP contribution in [-0.4, -0.2) is 22.9 Å². The summed E-state index contributed by atoms with van der Waals surface area (Å²) in [5.74, 6) is -1.77. The van der Waals surface area contributed by atoms with Gasteiger partial charge in [-0.25, -0.2) is 18.7 Å². The lowest BCUT2D eigenvalue weighted by Crippen LogP contribution is -2.27. The lowest BCUT2D eigenvalue weighted by molar-refractivity contribution is 0.0988. The van der Waals surface area contributed by atoms with Gasteiger partial charge >= 0.3 is 0 Å². The molecule has 0 spiro atoms. The minimum Gasteiger partial charge on any atom is -0.335 e. The summed E-state index contributed by atoms with van der Waals surface area (Å²) in [5.41, 5.74) is 0.456. The van der Waals surface area contributed by atoms with E-state index in [4.69, 9.17) is 0 Å². The van der Waals surface area contributed by atoms with E-state index >= 15 is 0 Å². The van der Waals surface area contributed by atoms with Gasteiger partial charge in [-0.2, -0.15) is 0 Å². The normalized spacial score (nSPS) is 10.4. The van der Waals surface area contributed by atoms with Gasteiger partial charge in [-0.15, -0.1) is 0 Å². The lowest BCUT2D eigenvalue weighted by atomic mass is 10.2. The summed E-state index contributed by atoms with van der Waals surface area (Å²) in [6.45, 7) is 0. The molecule has 1 amide bonds. The van der Waals surface area contributed by atoms with E-state index in [9.17, 15) is 13.6 Å². The van der Waals surface area contributed by atoms with Crippen molar-refractivity contribution in [3.63, 3.8) is 0 Å². The van der Waals surface area contributed by atoms with E-state index in [1.54, 1.807) is 19.2 Å². The minimum atomic E-state index is -0.757. The molecule has 0 fully saturated rings. The number of anilines is 3. The van der Waals surface area contributed by atoms with Gasteiger partial charge in [0.25, 0.3) is 5.91 Å². The van der Waals surface area contributed by atoms with Gasteiger partial charge < -0.3 is 10.2 Å². The number of nitrogens with zero attached hydrogens (tertiary/aromatic N) is 3. The molecule has 0 saturated heterocycles. The summed E-state index contributed by atoms with van der Waals surface area (Å²) in [7, 11) is 1.61. The molecule has 1 N–H and O–H groups in total. The van der Waals surface area contributed by atoms with E-state index in [0.717, 1.165) is 18.5 Å². The van der Waals surface area contributed by atoms with Gasteiger partial charge in [0.1, 0.15) is 35.2 Å². The molecule has 2 aromatic carbocycles. The fraction of sp³-hybridized carbons (Fsp3) is 0.0556. The quantitative estimate of drug-likeness (QED) is 0.785. The van der Waals surface area contributed by atoms with Gasteiger partial charge in [-0.3, -0.25) is 4.79 Å². The minimum absolute atomic E-state index is 0.0978. The van der Waals surface area contributed by atoms with Crippen LogP contribution in [0.4, 0.5) is 26.0 Å². The average Bonchev–Trinajstić information content (AvgIpc) is 2.64. The van der Waals surface area contributed by atoms with Crippen LogP contribution < -0.4 is 10.2 Å². The monoisotopic (exact) mass is 340 g/mol. The van der Waals surface area contributed by atoms with Crippen LogP contribution in [0.25, 0.3) is 0 Å². The van der Waals surface area contributed by atoms with Crippen LogP contribution in [0.2, 0.25) is 0 Å². The molecule has 7 heteroatoms. The molecule has 0 unspecified atom stereocenters. The van der Waals surface area contributed by atoms with E-state index in [1.807, 2.05) is 18.2 Å². The van der Waals surface area contributed by atoms with Crippen LogP contribution in [-0.2, 0) is 0 Å². The lowest BCUT2D eigenvalue weighted by Gasteiger charge is -2.17. The summed E-state index contributed by atoms with van der Waals surface area (Å²) >= 11 is 0. The molecule has 0 saturated carbocycles. The van der Waals surface area contributed by atoms with E-state index < -0.39 is 11.6 Å². The summed E-state index contributed by atoms with van der Waals surface area (Å²) < 4.78 is 27.4. The van der Waals surface area contributed by atoms with Crippen molar-refractivity contribution in [1.29, 1.82) is 0 Å². The largest absolute Gasteiger partial charge is 0.335 e. The van der Waals surface area contributed by atoms with Crippen molar-refractivity contribution in [2.24, 2.45) is 0 Å². The van der Waals surface area contributed by atoms with Crippen LogP contribution in [0, 0.1) is 11.6 Å². The van der Waals surface area contributed by atoms with Crippen LogP contribution >= 0.6 is 0 Å². The van der Waals surface area contributed by atoms with Gasteiger partial charge in [0.05, 0.1) is 0 Å². The van der Waals surface area contributed by atoms with Crippen molar-refractivity contribution < 1.29 is 13.6 Å². The van der Waals surface area contributed by atoms with Crippen molar-refractivity contribution in [3.05, 3.63) is 78.3 Å². The molecule has 5 nitrogen and oxygen atoms in total. The van der Waals surface area contributed by atoms with Crippen molar-refractivity contribution in [1.82, 2.24) is 9.97 Å². The van der Waals surface area contributed by atoms with Gasteiger partial charge in [-0.1, -0.05) is 24.3 Å². The molecule has 3 aromatic rings. The standard InChI is InChI=1S/C18H14F2N4O/c1-24(12-6-3-2-4-7-12)18(25)15-10-16(22-11-21-15)23-17-13(19)8-5-9-14(17)20/h2-11H,1H3,(H,21,22,23). The van der Waals surface area contributed by atoms with E-state index in [1.165, 1.54) is 17.0 Å². The number of carbonyl (C=O) groups excluding carboxylic acids is 1. The van der Waals surface area contributed by atoms with Gasteiger partial charge in [0.2, 0.25) is 0 Å². The molecule has 1 heterocycles. The highest BCUT2D eigenvalue weighted by Gasteiger charge is 2.16. The third kappa shape index (κ3) is 3.60. The van der Waals surface area contributed by atoms with E-state index in [0.29, 0.717) is 5.69 Å². The van der Waals surface area contributed by atoms with Crippen molar-refractivity contribution in [2.45, 2.75) is 0 Å². The number of benzene rings is 2. The Morgan fingerprint density at radius 3 is 2.36 bits per heavy atom. The molecule has 0 aliphatic carbocycles. The van der Waals surface area contributed by atoms with E-state index in [-0.39, 0.29) is 23.1 Å². The Bertz CT molecular complexity index is 882. The van der Waals surface area contributed by atoms with Crippen LogP contribution in [0.15, 0.2) is 60.9 Å². The molecule has 126 valence electrons.